The normalized spacial score (nSPS) is 12.5. The lowest BCUT2D eigenvalue weighted by molar-refractivity contribution is 0.0980. The lowest BCUT2D eigenvalue weighted by Crippen LogP contribution is -2.26. The van der Waals surface area contributed by atoms with Crippen molar-refractivity contribution < 1.29 is 18.1 Å². The van der Waals surface area contributed by atoms with Gasteiger partial charge in [-0.1, -0.05) is 23.4 Å². The molecule has 0 fully saturated rings. The summed E-state index contributed by atoms with van der Waals surface area (Å²) < 4.78 is 33.3. The predicted molar refractivity (Wildman–Crippen MR) is 118 cm³/mol. The summed E-state index contributed by atoms with van der Waals surface area (Å²) in [6.07, 6.45) is 6.10. The third-order valence-electron chi connectivity index (χ3n) is 5.61. The van der Waals surface area contributed by atoms with E-state index in [4.69, 9.17) is 4.52 Å². The van der Waals surface area contributed by atoms with Crippen molar-refractivity contribution in [3.8, 4) is 0 Å². The number of hydrogen-bond donors (Lipinski definition) is 0. The standard InChI is InChI=1S/C25H18F2N4O3/c26-19-7-5-15(13-20(19)27)14-31-12-2-4-18(25(31)33)22(32)9-10-23-29-24(34-30-23)17-6-8-21-16(17)3-1-11-28-21/h1-7,11-13H,8-10,14H2. The Bertz CT molecular complexity index is 1490. The highest BCUT2D eigenvalue weighted by Gasteiger charge is 2.22. The Hall–Kier alpha value is -4.27. The SMILES string of the molecule is O=C(CCc1noc(C2=CCc3ncccc32)n1)c1cccn(Cc2ccc(F)c(F)c2)c1=O. The molecule has 0 saturated heterocycles. The summed E-state index contributed by atoms with van der Waals surface area (Å²) in [5, 5.41) is 3.96. The van der Waals surface area contributed by atoms with Gasteiger partial charge in [0.15, 0.2) is 23.2 Å². The Morgan fingerprint density at radius 2 is 2.00 bits per heavy atom. The summed E-state index contributed by atoms with van der Waals surface area (Å²) in [5.41, 5.74) is 2.61. The first kappa shape index (κ1) is 21.6. The minimum Gasteiger partial charge on any atom is -0.334 e. The van der Waals surface area contributed by atoms with Gasteiger partial charge in [-0.05, 0) is 35.9 Å². The lowest BCUT2D eigenvalue weighted by Gasteiger charge is -2.08. The van der Waals surface area contributed by atoms with Crippen molar-refractivity contribution in [1.29, 1.82) is 0 Å². The average Bonchev–Trinajstić information content (AvgIpc) is 3.48. The van der Waals surface area contributed by atoms with Gasteiger partial charge in [0, 0.05) is 42.8 Å². The minimum atomic E-state index is -0.995. The summed E-state index contributed by atoms with van der Waals surface area (Å²) in [6, 6.07) is 10.2. The van der Waals surface area contributed by atoms with Gasteiger partial charge in [-0.15, -0.1) is 0 Å². The van der Waals surface area contributed by atoms with Crippen LogP contribution in [-0.4, -0.2) is 25.5 Å². The molecule has 7 nitrogen and oxygen atoms in total. The molecular formula is C25H18F2N4O3. The first-order valence-corrected chi connectivity index (χ1v) is 10.6. The maximum absolute atomic E-state index is 13.5. The van der Waals surface area contributed by atoms with Crippen LogP contribution >= 0.6 is 0 Å². The zero-order chi connectivity index (χ0) is 23.7. The Labute approximate surface area is 192 Å². The maximum Gasteiger partial charge on any atom is 0.261 e. The first-order chi connectivity index (χ1) is 16.5. The van der Waals surface area contributed by atoms with E-state index < -0.39 is 17.2 Å². The Balaban J connectivity index is 1.27. The number of allylic oxidation sites excluding steroid dienone is 1. The molecule has 170 valence electrons. The molecule has 0 atom stereocenters. The molecule has 0 radical (unpaired) electrons. The number of nitrogens with zero attached hydrogens (tertiary/aromatic N) is 4. The third-order valence-corrected chi connectivity index (χ3v) is 5.61. The van der Waals surface area contributed by atoms with Crippen LogP contribution in [0, 0.1) is 11.6 Å². The zero-order valence-electron chi connectivity index (χ0n) is 17.9. The van der Waals surface area contributed by atoms with Crippen LogP contribution in [0.2, 0.25) is 0 Å². The lowest BCUT2D eigenvalue weighted by atomic mass is 10.1. The highest BCUT2D eigenvalue weighted by molar-refractivity contribution is 5.95. The molecule has 1 aliphatic carbocycles. The molecule has 0 spiro atoms. The number of ketones is 1. The molecular weight excluding hydrogens is 442 g/mol. The number of rotatable bonds is 7. The largest absolute Gasteiger partial charge is 0.334 e. The van der Waals surface area contributed by atoms with Gasteiger partial charge in [-0.25, -0.2) is 8.78 Å². The Morgan fingerprint density at radius 3 is 2.85 bits per heavy atom. The van der Waals surface area contributed by atoms with E-state index in [0.29, 0.717) is 23.7 Å². The van der Waals surface area contributed by atoms with Crippen LogP contribution in [0.1, 0.15) is 45.3 Å². The third kappa shape index (κ3) is 4.19. The molecule has 0 bridgehead atoms. The summed E-state index contributed by atoms with van der Waals surface area (Å²) in [4.78, 5) is 34.2. The molecule has 1 aromatic carbocycles. The molecule has 0 unspecified atom stereocenters. The number of halogens is 2. The molecule has 0 saturated carbocycles. The number of benzene rings is 1. The first-order valence-electron chi connectivity index (χ1n) is 10.6. The van der Waals surface area contributed by atoms with E-state index in [-0.39, 0.29) is 30.7 Å². The predicted octanol–water partition coefficient (Wildman–Crippen LogP) is 3.76. The fourth-order valence-electron chi connectivity index (χ4n) is 3.89. The summed E-state index contributed by atoms with van der Waals surface area (Å²) in [5.74, 6) is -1.60. The smallest absolute Gasteiger partial charge is 0.261 e. The van der Waals surface area contributed by atoms with Crippen LogP contribution < -0.4 is 5.56 Å². The average molecular weight is 460 g/mol. The number of aromatic nitrogens is 4. The molecule has 5 rings (SSSR count). The minimum absolute atomic E-state index is 0.00676. The topological polar surface area (TPSA) is 90.9 Å². The molecule has 0 N–H and O–H groups in total. The van der Waals surface area contributed by atoms with E-state index >= 15 is 0 Å². The van der Waals surface area contributed by atoms with Crippen molar-refractivity contribution >= 4 is 11.4 Å². The van der Waals surface area contributed by atoms with Gasteiger partial charge in [-0.2, -0.15) is 4.98 Å². The number of pyridine rings is 2. The fourth-order valence-corrected chi connectivity index (χ4v) is 3.89. The number of aryl methyl sites for hydroxylation is 1. The van der Waals surface area contributed by atoms with E-state index in [9.17, 15) is 18.4 Å². The zero-order valence-corrected chi connectivity index (χ0v) is 17.9. The van der Waals surface area contributed by atoms with Crippen molar-refractivity contribution in [3.63, 3.8) is 0 Å². The molecule has 4 aromatic rings. The van der Waals surface area contributed by atoms with Gasteiger partial charge in [0.1, 0.15) is 0 Å². The van der Waals surface area contributed by atoms with Crippen molar-refractivity contribution in [2.45, 2.75) is 25.8 Å². The molecule has 0 aliphatic heterocycles. The summed E-state index contributed by atoms with van der Waals surface area (Å²) in [6.45, 7) is 0.0107. The highest BCUT2D eigenvalue weighted by Crippen LogP contribution is 2.30. The number of carbonyl (C=O) groups is 1. The maximum atomic E-state index is 13.5. The van der Waals surface area contributed by atoms with E-state index in [2.05, 4.69) is 15.1 Å². The van der Waals surface area contributed by atoms with E-state index in [1.807, 2.05) is 18.2 Å². The van der Waals surface area contributed by atoms with Gasteiger partial charge < -0.3 is 9.09 Å². The van der Waals surface area contributed by atoms with Crippen LogP contribution in [0.25, 0.3) is 5.57 Å². The highest BCUT2D eigenvalue weighted by atomic mass is 19.2. The number of Topliss-reactive ketones (excluding diaryl/α,β-unsaturated/α-hetero) is 1. The van der Waals surface area contributed by atoms with E-state index in [1.165, 1.54) is 22.9 Å². The second-order valence-electron chi connectivity index (χ2n) is 7.86. The second-order valence-corrected chi connectivity index (χ2v) is 7.86. The van der Waals surface area contributed by atoms with Crippen LogP contribution in [0.15, 0.2) is 70.3 Å². The van der Waals surface area contributed by atoms with E-state index in [1.54, 1.807) is 12.3 Å². The van der Waals surface area contributed by atoms with Crippen LogP contribution in [0.3, 0.4) is 0 Å². The van der Waals surface area contributed by atoms with Gasteiger partial charge >= 0.3 is 0 Å². The van der Waals surface area contributed by atoms with Crippen molar-refractivity contribution in [3.05, 3.63) is 117 Å². The van der Waals surface area contributed by atoms with Crippen molar-refractivity contribution in [2.75, 3.05) is 0 Å². The van der Waals surface area contributed by atoms with Crippen LogP contribution in [-0.2, 0) is 19.4 Å². The summed E-state index contributed by atoms with van der Waals surface area (Å²) >= 11 is 0. The van der Waals surface area contributed by atoms with Crippen LogP contribution in [0.5, 0.6) is 0 Å². The van der Waals surface area contributed by atoms with Crippen LogP contribution in [0.4, 0.5) is 8.78 Å². The molecule has 1 aliphatic rings. The quantitative estimate of drug-likeness (QED) is 0.390. The molecule has 0 amide bonds. The molecule has 3 aromatic heterocycles. The van der Waals surface area contributed by atoms with Gasteiger partial charge in [0.2, 0.25) is 0 Å². The fraction of sp³-hybridized carbons (Fsp3) is 0.160. The summed E-state index contributed by atoms with van der Waals surface area (Å²) in [7, 11) is 0. The molecule has 34 heavy (non-hydrogen) atoms. The van der Waals surface area contributed by atoms with Crippen molar-refractivity contribution in [1.82, 2.24) is 19.7 Å². The molecule has 3 heterocycles. The number of carbonyl (C=O) groups excluding carboxylic acids is 1. The number of hydrogen-bond acceptors (Lipinski definition) is 6. The van der Waals surface area contributed by atoms with Gasteiger partial charge in [-0.3, -0.25) is 14.6 Å². The second kappa shape index (κ2) is 8.93. The number of fused-ring (bicyclic) bond motifs is 1. The monoisotopic (exact) mass is 460 g/mol. The Morgan fingerprint density at radius 1 is 1.12 bits per heavy atom. The van der Waals surface area contributed by atoms with Crippen molar-refractivity contribution in [2.24, 2.45) is 0 Å². The molecule has 9 heteroatoms. The van der Waals surface area contributed by atoms with E-state index in [0.717, 1.165) is 29.0 Å². The Kier molecular flexibility index (Phi) is 5.67. The van der Waals surface area contributed by atoms with Gasteiger partial charge in [0.25, 0.3) is 11.4 Å². The van der Waals surface area contributed by atoms with Gasteiger partial charge in [0.05, 0.1) is 17.8 Å².